The number of nitrogens with zero attached hydrogens (tertiary/aromatic N) is 8. The molecule has 4 aromatic heterocycles. The monoisotopic (exact) mass is 1370 g/mol. The molecule has 18 atom stereocenters. The van der Waals surface area contributed by atoms with Crippen molar-refractivity contribution in [2.75, 3.05) is 49.3 Å². The van der Waals surface area contributed by atoms with Gasteiger partial charge in [-0.25, -0.2) is 43.3 Å². The van der Waals surface area contributed by atoms with Crippen LogP contribution in [0.25, 0.3) is 11.2 Å². The molecule has 5 saturated heterocycles. The van der Waals surface area contributed by atoms with Gasteiger partial charge in [0.15, 0.2) is 36.3 Å². The molecule has 5 aliphatic rings. The Bertz CT molecular complexity index is 3690. The Morgan fingerprint density at radius 2 is 1.30 bits per heavy atom. The third kappa shape index (κ3) is 16.7. The number of aliphatic hydroxyl groups is 4. The number of imidazole rings is 1. The maximum absolute atomic E-state index is 14.5. The van der Waals surface area contributed by atoms with E-state index in [-0.39, 0.29) is 65.5 Å². The number of urea groups is 1. The Labute approximate surface area is 531 Å². The number of anilines is 3. The van der Waals surface area contributed by atoms with Gasteiger partial charge in [0, 0.05) is 49.2 Å². The second-order valence-corrected chi connectivity index (χ2v) is 26.5. The number of phosphoric acid groups is 2. The van der Waals surface area contributed by atoms with Crippen LogP contribution in [0.1, 0.15) is 75.6 Å². The zero-order valence-electron chi connectivity index (χ0n) is 49.3. The van der Waals surface area contributed by atoms with Crippen molar-refractivity contribution in [3.63, 3.8) is 0 Å². The fourth-order valence-electron chi connectivity index (χ4n) is 11.4. The summed E-state index contributed by atoms with van der Waals surface area (Å²) in [6.07, 6.45) is -13.3. The highest BCUT2D eigenvalue weighted by Crippen LogP contribution is 2.52. The van der Waals surface area contributed by atoms with Gasteiger partial charge < -0.3 is 87.6 Å². The maximum atomic E-state index is 14.5. The maximum Gasteiger partial charge on any atom is 0.472 e. The van der Waals surface area contributed by atoms with Gasteiger partial charge in [0.2, 0.25) is 11.8 Å². The minimum atomic E-state index is -5.63. The number of carbonyl (C=O) groups excluding carboxylic acids is 4. The molecule has 10 rings (SSSR count). The van der Waals surface area contributed by atoms with Crippen LogP contribution in [-0.2, 0) is 67.0 Å². The Balaban J connectivity index is 0.791. The number of unbranched alkanes of at least 4 members (excludes halogenated alkanes) is 3. The molecule has 5 aliphatic heterocycles. The molecule has 9 heterocycles. The average Bonchev–Trinajstić information content (AvgIpc) is 1.65. The first-order chi connectivity index (χ1) is 44.5. The molecule has 506 valence electrons. The fourth-order valence-corrected chi connectivity index (χ4v) is 14.8. The van der Waals surface area contributed by atoms with Crippen LogP contribution in [0, 0.1) is 0 Å². The molecule has 37 nitrogen and oxygen atoms in total. The molecule has 0 spiro atoms. The second kappa shape index (κ2) is 30.1. The number of ether oxygens (including phenoxy) is 4. The van der Waals surface area contributed by atoms with E-state index in [1.54, 1.807) is 30.3 Å². The highest BCUT2D eigenvalue weighted by Gasteiger charge is 2.54. The number of hydrogen-bond acceptors (Lipinski definition) is 29. The van der Waals surface area contributed by atoms with Crippen LogP contribution < -0.4 is 49.8 Å². The van der Waals surface area contributed by atoms with Gasteiger partial charge in [0.05, 0.1) is 38.2 Å². The molecule has 1 aromatic carbocycles. The van der Waals surface area contributed by atoms with Crippen molar-refractivity contribution in [1.82, 2.24) is 59.9 Å². The molecule has 16 N–H and O–H groups in total. The molecule has 4 amide bonds. The summed E-state index contributed by atoms with van der Waals surface area (Å²) in [7, 11) is -11.1. The molecule has 0 radical (unpaired) electrons. The summed E-state index contributed by atoms with van der Waals surface area (Å²) in [5, 5.41) is 56.7. The van der Waals surface area contributed by atoms with E-state index in [0.29, 0.717) is 54.0 Å². The van der Waals surface area contributed by atoms with Crippen LogP contribution >= 0.6 is 27.4 Å². The van der Waals surface area contributed by atoms with Crippen LogP contribution in [-0.4, -0.2) is 203 Å². The molecule has 0 bridgehead atoms. The molecule has 0 aliphatic carbocycles. The molecule has 40 heteroatoms. The second-order valence-electron chi connectivity index (χ2n) is 22.4. The van der Waals surface area contributed by atoms with E-state index in [2.05, 4.69) is 46.2 Å². The molecule has 5 fully saturated rings. The van der Waals surface area contributed by atoms with Crippen molar-refractivity contribution in [1.29, 1.82) is 0 Å². The van der Waals surface area contributed by atoms with Crippen LogP contribution in [0.4, 0.5) is 22.2 Å². The molecular weight excluding hydrogens is 1300 g/mol. The van der Waals surface area contributed by atoms with Crippen LogP contribution in [0.2, 0.25) is 0 Å². The first kappa shape index (κ1) is 68.8. The molecular formula is C53H71N15O22P2S. The number of thioether (sulfide) groups is 1. The number of rotatable bonds is 30. The summed E-state index contributed by atoms with van der Waals surface area (Å²) < 4.78 is 75.4. The van der Waals surface area contributed by atoms with E-state index < -0.39 is 138 Å². The summed E-state index contributed by atoms with van der Waals surface area (Å²) in [5.41, 5.74) is 15.9. The Kier molecular flexibility index (Phi) is 22.3. The number of nitrogen functional groups attached to an aromatic ring is 3. The van der Waals surface area contributed by atoms with E-state index in [9.17, 15) is 68.1 Å². The highest BCUT2D eigenvalue weighted by molar-refractivity contribution is 8.00. The standard InChI is InChI=1S/C53H71N15O22P2S/c54-33-14-17-66(52(77)63-33)47-40(73)43(29(20-69)85-47)89-91(79,80)84-22-31-44(41(74)48(87-31)67-18-15-34(55)64-53(67)78)90-92(81,82)83-21-30-42(39(72)49(86-30)68-25-60-38-45(56)58-24-59-46(38)68)88-50(75)27(19-26-9-3-1-4-10-26)61-36(71)13-5-2-8-16-57-35(70)12-7-6-11-32-37-28(23-93-32)62-51(76)65-37/h1,3-4,9-10,14-15,17-18,24-25,27-32,37,39-44,47-49,69,72-74H,2,5-8,11-13,16,19-23H2,(H,57,70)(H,61,71)(H,79,80)(H,81,82)(H2,54,63,77)(H2,55,64,78)(H2,56,58,59)(H2,62,65,76)/t27-,28-,29+,30+,31+,32-,37-,39+,40+,41+,42+,43+,44+,47+,48+,49+/m0/s1/i50+1,54+1,55+1,63+1,64+1. The fraction of sp³-hybridized carbons (Fsp3) is 0.566. The number of hydrogen-bond donors (Lipinski definition) is 13. The van der Waals surface area contributed by atoms with Crippen molar-refractivity contribution >= 4 is 79.8 Å². The number of nitrogens with two attached hydrogens (primary N) is 3. The number of carbonyl (C=O) groups is 4. The number of amides is 4. The lowest BCUT2D eigenvalue weighted by atomic mass is 10.0. The van der Waals surface area contributed by atoms with Crippen molar-refractivity contribution in [2.24, 2.45) is 0 Å². The largest absolute Gasteiger partial charge is 0.472 e. The van der Waals surface area contributed by atoms with Gasteiger partial charge in [-0.1, -0.05) is 43.2 Å². The third-order valence-corrected chi connectivity index (χ3v) is 19.5. The van der Waals surface area contributed by atoms with Crippen LogP contribution in [0.3, 0.4) is 0 Å². The van der Waals surface area contributed by atoms with E-state index in [1.807, 2.05) is 11.8 Å². The van der Waals surface area contributed by atoms with Gasteiger partial charge in [-0.05, 0) is 43.4 Å². The van der Waals surface area contributed by atoms with Gasteiger partial charge >= 0.3 is 39.0 Å². The predicted octanol–water partition coefficient (Wildman–Crippen LogP) is -2.10. The van der Waals surface area contributed by atoms with E-state index >= 15 is 0 Å². The number of aliphatic hydroxyl groups excluding tert-OH is 4. The van der Waals surface area contributed by atoms with Crippen molar-refractivity contribution in [3.05, 3.63) is 94.0 Å². The van der Waals surface area contributed by atoms with E-state index in [4.69, 9.17) is 54.2 Å². The Morgan fingerprint density at radius 3 is 1.94 bits per heavy atom. The summed E-state index contributed by atoms with van der Waals surface area (Å²) in [5.74, 6) is -1.33. The highest BCUT2D eigenvalue weighted by atomic mass is 32.2. The minimum Gasteiger partial charge on any atom is -0.455 e. The number of fused-ring (bicyclic) bond motifs is 2. The van der Waals surface area contributed by atoms with Crippen molar-refractivity contribution in [3.8, 4) is 0 Å². The van der Waals surface area contributed by atoms with Crippen molar-refractivity contribution in [2.45, 2.75) is 155 Å². The number of esters is 1. The van der Waals surface area contributed by atoms with E-state index in [0.717, 1.165) is 47.9 Å². The summed E-state index contributed by atoms with van der Waals surface area (Å²) in [6.45, 7) is -2.77. The Morgan fingerprint density at radius 1 is 0.720 bits per heavy atom. The van der Waals surface area contributed by atoms with Gasteiger partial charge in [0.1, 0.15) is 78.4 Å². The summed E-state index contributed by atoms with van der Waals surface area (Å²) in [6, 6.07) is 9.59. The Hall–Kier alpha value is -7.10. The topological polar surface area (TPSA) is 537 Å². The SMILES string of the molecule is Nc1ncnc2c1ncn2[C@@H]1O[C@H](COP(=O)(O)O[C@H]2[C@@H](O)[C@H](n3ccc([15NH2])[15n]c3=O)O[C@@H]2COP(=O)(O)O[C@H]2[C@@H](O)[C@H](n3ccc([15NH2])[15n]c3=O)O[C@@H]2CO)[C@@H](O[13C](=O)[C@H](Cc2ccccc2)NC(=O)CCCCCNC(=O)CCCC[C@@H]2SC[C@@H]3NC(=O)N[C@@H]32)[C@H]1O. The first-order valence-corrected chi connectivity index (χ1v) is 33.5. The predicted molar refractivity (Wildman–Crippen MR) is 321 cm³/mol. The van der Waals surface area contributed by atoms with Crippen LogP contribution in [0.15, 0.2) is 77.1 Å². The van der Waals surface area contributed by atoms with Gasteiger partial charge in [-0.15, -0.1) is 0 Å². The smallest absolute Gasteiger partial charge is 0.455 e. The van der Waals surface area contributed by atoms with Gasteiger partial charge in [-0.3, -0.25) is 41.4 Å². The van der Waals surface area contributed by atoms with Gasteiger partial charge in [-0.2, -0.15) is 21.7 Å². The number of phosphoric ester groups is 2. The summed E-state index contributed by atoms with van der Waals surface area (Å²) >= 11 is 1.82. The average molecular weight is 1370 g/mol. The molecule has 5 aromatic rings. The number of aromatic nitrogens is 8. The molecule has 93 heavy (non-hydrogen) atoms. The van der Waals surface area contributed by atoms with Crippen LogP contribution in [0.5, 0.6) is 0 Å². The summed E-state index contributed by atoms with van der Waals surface area (Å²) in [4.78, 5) is 120. The lowest BCUT2D eigenvalue weighted by molar-refractivity contribution is -0.160. The van der Waals surface area contributed by atoms with E-state index in [1.165, 1.54) is 17.0 Å². The zero-order valence-corrected chi connectivity index (χ0v) is 51.9. The third-order valence-electron chi connectivity index (χ3n) is 16.0. The lowest BCUT2D eigenvalue weighted by Gasteiger charge is -2.26. The first-order valence-electron chi connectivity index (χ1n) is 29.5. The van der Waals surface area contributed by atoms with Crippen molar-refractivity contribution < 1.29 is 95.6 Å². The molecule has 0 saturated carbocycles. The quantitative estimate of drug-likeness (QED) is 0.00585. The number of nitrogens with one attached hydrogen (secondary N) is 4. The molecule has 2 unspecified atom stereocenters. The van der Waals surface area contributed by atoms with Gasteiger partial charge in [0.25, 0.3) is 0 Å². The zero-order chi connectivity index (χ0) is 66.3. The normalized spacial score (nSPS) is 29.1. The lowest BCUT2D eigenvalue weighted by Crippen LogP contribution is -2.47. The minimum absolute atomic E-state index is 0.0309. The number of benzene rings is 1.